The standard InChI is InChI=1S/C16H31N3O/c1-6-18-16(5,12-17)9-7-8-10-19-11-14(2)20-15(3,4)13-19/h14,18H,6-11,13H2,1-5H3. The number of nitrogens with zero attached hydrogens (tertiary/aromatic N) is 2. The van der Waals surface area contributed by atoms with Gasteiger partial charge in [-0.25, -0.2) is 0 Å². The fourth-order valence-corrected chi connectivity index (χ4v) is 3.14. The number of ether oxygens (including phenoxy) is 1. The Morgan fingerprint density at radius 1 is 1.45 bits per heavy atom. The fraction of sp³-hybridized carbons (Fsp3) is 0.938. The zero-order valence-electron chi connectivity index (χ0n) is 13.8. The van der Waals surface area contributed by atoms with Crippen LogP contribution in [0.5, 0.6) is 0 Å². The van der Waals surface area contributed by atoms with E-state index in [0.717, 1.165) is 45.4 Å². The van der Waals surface area contributed by atoms with E-state index < -0.39 is 0 Å². The summed E-state index contributed by atoms with van der Waals surface area (Å²) < 4.78 is 5.92. The molecule has 0 aromatic rings. The highest BCUT2D eigenvalue weighted by Crippen LogP contribution is 2.21. The Hall–Kier alpha value is -0.630. The van der Waals surface area contributed by atoms with Gasteiger partial charge in [0.05, 0.1) is 17.8 Å². The molecule has 0 aliphatic carbocycles. The number of hydrogen-bond acceptors (Lipinski definition) is 4. The molecule has 1 heterocycles. The van der Waals surface area contributed by atoms with Crippen molar-refractivity contribution in [2.45, 2.75) is 71.1 Å². The second-order valence-electron chi connectivity index (χ2n) is 6.85. The first kappa shape index (κ1) is 17.4. The molecule has 20 heavy (non-hydrogen) atoms. The highest BCUT2D eigenvalue weighted by Gasteiger charge is 2.31. The van der Waals surface area contributed by atoms with E-state index in [2.05, 4.69) is 37.1 Å². The van der Waals surface area contributed by atoms with Crippen LogP contribution < -0.4 is 5.32 Å². The Bertz CT molecular complexity index is 337. The van der Waals surface area contributed by atoms with Crippen LogP contribution in [0.15, 0.2) is 0 Å². The predicted octanol–water partition coefficient (Wildman–Crippen LogP) is 2.55. The molecule has 0 radical (unpaired) electrons. The number of nitrogens with one attached hydrogen (secondary N) is 1. The third-order valence-electron chi connectivity index (χ3n) is 3.85. The normalized spacial score (nSPS) is 25.9. The van der Waals surface area contributed by atoms with Crippen molar-refractivity contribution < 1.29 is 4.74 Å². The molecule has 0 amide bonds. The minimum Gasteiger partial charge on any atom is -0.370 e. The largest absolute Gasteiger partial charge is 0.370 e. The Morgan fingerprint density at radius 3 is 2.70 bits per heavy atom. The SMILES string of the molecule is CCNC(C)(C#N)CCCCN1CC(C)OC(C)(C)C1. The van der Waals surface area contributed by atoms with Crippen LogP contribution in [-0.4, -0.2) is 48.3 Å². The summed E-state index contributed by atoms with van der Waals surface area (Å²) in [5, 5.41) is 12.5. The van der Waals surface area contributed by atoms with Gasteiger partial charge in [-0.15, -0.1) is 0 Å². The van der Waals surface area contributed by atoms with Gasteiger partial charge in [0, 0.05) is 13.1 Å². The van der Waals surface area contributed by atoms with Gasteiger partial charge in [-0.3, -0.25) is 10.2 Å². The highest BCUT2D eigenvalue weighted by atomic mass is 16.5. The summed E-state index contributed by atoms with van der Waals surface area (Å²) in [5.74, 6) is 0. The molecule has 4 nitrogen and oxygen atoms in total. The molecule has 1 saturated heterocycles. The molecule has 4 heteroatoms. The highest BCUT2D eigenvalue weighted by molar-refractivity contribution is 5.03. The van der Waals surface area contributed by atoms with Crippen molar-refractivity contribution in [1.29, 1.82) is 5.26 Å². The third kappa shape index (κ3) is 5.78. The summed E-state index contributed by atoms with van der Waals surface area (Å²) in [4.78, 5) is 2.49. The molecule has 0 aromatic carbocycles. The van der Waals surface area contributed by atoms with Gasteiger partial charge >= 0.3 is 0 Å². The van der Waals surface area contributed by atoms with Crippen molar-refractivity contribution in [3.05, 3.63) is 0 Å². The molecular formula is C16H31N3O. The summed E-state index contributed by atoms with van der Waals surface area (Å²) in [5.41, 5.74) is -0.408. The van der Waals surface area contributed by atoms with Crippen LogP contribution in [0.3, 0.4) is 0 Å². The molecule has 1 aliphatic heterocycles. The van der Waals surface area contributed by atoms with Crippen LogP contribution in [0.4, 0.5) is 0 Å². The van der Waals surface area contributed by atoms with Gasteiger partial charge in [0.2, 0.25) is 0 Å². The number of unbranched alkanes of at least 4 members (excludes halogenated alkanes) is 1. The van der Waals surface area contributed by atoms with Crippen LogP contribution in [0.25, 0.3) is 0 Å². The van der Waals surface area contributed by atoms with Gasteiger partial charge in [0.25, 0.3) is 0 Å². The minimum atomic E-state index is -0.369. The molecule has 0 aromatic heterocycles. The van der Waals surface area contributed by atoms with Gasteiger partial charge in [-0.2, -0.15) is 5.26 Å². The molecular weight excluding hydrogens is 250 g/mol. The van der Waals surface area contributed by atoms with Crippen molar-refractivity contribution in [1.82, 2.24) is 10.2 Å². The summed E-state index contributed by atoms with van der Waals surface area (Å²) >= 11 is 0. The number of nitriles is 1. The Labute approximate surface area is 124 Å². The van der Waals surface area contributed by atoms with Gasteiger partial charge in [-0.05, 0) is 60.0 Å². The number of morpholine rings is 1. The van der Waals surface area contributed by atoms with E-state index in [-0.39, 0.29) is 11.1 Å². The first-order valence-electron chi connectivity index (χ1n) is 7.87. The van der Waals surface area contributed by atoms with E-state index in [1.807, 2.05) is 13.8 Å². The van der Waals surface area contributed by atoms with E-state index in [1.165, 1.54) is 0 Å². The maximum absolute atomic E-state index is 9.23. The zero-order valence-corrected chi connectivity index (χ0v) is 13.8. The summed E-state index contributed by atoms with van der Waals surface area (Å²) in [6, 6.07) is 2.39. The van der Waals surface area contributed by atoms with Crippen molar-refractivity contribution in [2.75, 3.05) is 26.2 Å². The Morgan fingerprint density at radius 2 is 2.15 bits per heavy atom. The molecule has 1 aliphatic rings. The van der Waals surface area contributed by atoms with E-state index in [9.17, 15) is 5.26 Å². The first-order valence-corrected chi connectivity index (χ1v) is 7.87. The fourth-order valence-electron chi connectivity index (χ4n) is 3.14. The minimum absolute atomic E-state index is 0.0391. The monoisotopic (exact) mass is 281 g/mol. The molecule has 0 bridgehead atoms. The second-order valence-corrected chi connectivity index (χ2v) is 6.85. The van der Waals surface area contributed by atoms with Crippen LogP contribution in [0.1, 0.15) is 53.9 Å². The van der Waals surface area contributed by atoms with Crippen LogP contribution in [-0.2, 0) is 4.74 Å². The van der Waals surface area contributed by atoms with E-state index in [4.69, 9.17) is 4.74 Å². The topological polar surface area (TPSA) is 48.3 Å². The molecule has 1 fully saturated rings. The molecule has 0 saturated carbocycles. The lowest BCUT2D eigenvalue weighted by atomic mass is 9.96. The van der Waals surface area contributed by atoms with Gasteiger partial charge < -0.3 is 4.74 Å². The maximum atomic E-state index is 9.23. The third-order valence-corrected chi connectivity index (χ3v) is 3.85. The summed E-state index contributed by atoms with van der Waals surface area (Å²) in [7, 11) is 0. The molecule has 116 valence electrons. The van der Waals surface area contributed by atoms with Gasteiger partial charge in [0.1, 0.15) is 5.54 Å². The van der Waals surface area contributed by atoms with Crippen molar-refractivity contribution in [3.63, 3.8) is 0 Å². The van der Waals surface area contributed by atoms with E-state index in [0.29, 0.717) is 6.10 Å². The zero-order chi connectivity index (χ0) is 15.2. The molecule has 0 spiro atoms. The van der Waals surface area contributed by atoms with Gasteiger partial charge in [0.15, 0.2) is 0 Å². The lowest BCUT2D eigenvalue weighted by molar-refractivity contribution is -0.128. The first-order chi connectivity index (χ1) is 9.30. The van der Waals surface area contributed by atoms with Crippen molar-refractivity contribution in [3.8, 4) is 6.07 Å². The maximum Gasteiger partial charge on any atom is 0.103 e. The number of hydrogen-bond donors (Lipinski definition) is 1. The average molecular weight is 281 g/mol. The smallest absolute Gasteiger partial charge is 0.103 e. The Balaban J connectivity index is 2.29. The lowest BCUT2D eigenvalue weighted by Gasteiger charge is -2.41. The summed E-state index contributed by atoms with van der Waals surface area (Å²) in [6.07, 6.45) is 3.46. The van der Waals surface area contributed by atoms with E-state index in [1.54, 1.807) is 0 Å². The molecule has 2 atom stereocenters. The van der Waals surface area contributed by atoms with E-state index >= 15 is 0 Å². The lowest BCUT2D eigenvalue weighted by Crippen LogP contribution is -2.52. The van der Waals surface area contributed by atoms with Crippen LogP contribution in [0.2, 0.25) is 0 Å². The summed E-state index contributed by atoms with van der Waals surface area (Å²) in [6.45, 7) is 14.5. The van der Waals surface area contributed by atoms with Crippen LogP contribution >= 0.6 is 0 Å². The quantitative estimate of drug-likeness (QED) is 0.729. The molecule has 1 N–H and O–H groups in total. The second kappa shape index (κ2) is 7.40. The van der Waals surface area contributed by atoms with Gasteiger partial charge in [-0.1, -0.05) is 6.92 Å². The molecule has 2 unspecified atom stereocenters. The van der Waals surface area contributed by atoms with Crippen molar-refractivity contribution >= 4 is 0 Å². The Kier molecular flexibility index (Phi) is 6.44. The van der Waals surface area contributed by atoms with Crippen LogP contribution in [0, 0.1) is 11.3 Å². The molecule has 1 rings (SSSR count). The predicted molar refractivity (Wildman–Crippen MR) is 82.6 cm³/mol. The average Bonchev–Trinajstić information content (AvgIpc) is 2.33. The van der Waals surface area contributed by atoms with Crippen molar-refractivity contribution in [2.24, 2.45) is 0 Å². The number of rotatable bonds is 7.